The van der Waals surface area contributed by atoms with Gasteiger partial charge in [-0.15, -0.1) is 11.8 Å². The van der Waals surface area contributed by atoms with E-state index < -0.39 is 6.10 Å². The number of hydrogen-bond acceptors (Lipinski definition) is 4. The number of allylic oxidation sites excluding steroid dienone is 2. The summed E-state index contributed by atoms with van der Waals surface area (Å²) in [5.41, 5.74) is 1.45. The van der Waals surface area contributed by atoms with Gasteiger partial charge in [-0.05, 0) is 56.8 Å². The van der Waals surface area contributed by atoms with Gasteiger partial charge in [0.1, 0.15) is 0 Å². The summed E-state index contributed by atoms with van der Waals surface area (Å²) in [6.45, 7) is 3.81. The number of hydrogen-bond donors (Lipinski definition) is 2. The van der Waals surface area contributed by atoms with Crippen molar-refractivity contribution in [2.45, 2.75) is 71.0 Å². The molecule has 0 radical (unpaired) electrons. The molecule has 0 aromatic rings. The Bertz CT molecular complexity index is 610. The molecule has 0 aliphatic heterocycles. The van der Waals surface area contributed by atoms with Crippen LogP contribution in [0.2, 0.25) is 0 Å². The van der Waals surface area contributed by atoms with Crippen molar-refractivity contribution in [1.82, 2.24) is 0 Å². The van der Waals surface area contributed by atoms with E-state index >= 15 is 0 Å². The second kappa shape index (κ2) is 10.7. The zero-order valence-electron chi connectivity index (χ0n) is 16.9. The maximum absolute atomic E-state index is 11.2. The van der Waals surface area contributed by atoms with Gasteiger partial charge in [-0.25, -0.2) is 0 Å². The van der Waals surface area contributed by atoms with E-state index in [0.29, 0.717) is 24.7 Å². The fourth-order valence-corrected chi connectivity index (χ4v) is 4.41. The highest BCUT2D eigenvalue weighted by atomic mass is 16.5. The number of fused-ring (bicyclic) bond motifs is 1. The Labute approximate surface area is 163 Å². The van der Waals surface area contributed by atoms with Gasteiger partial charge in [-0.3, -0.25) is 4.79 Å². The molecule has 2 aliphatic rings. The molecule has 27 heavy (non-hydrogen) atoms. The van der Waals surface area contributed by atoms with Gasteiger partial charge in [0.05, 0.1) is 19.3 Å². The monoisotopic (exact) mass is 374 g/mol. The molecule has 0 bridgehead atoms. The highest BCUT2D eigenvalue weighted by Crippen LogP contribution is 2.50. The molecule has 0 spiro atoms. The van der Waals surface area contributed by atoms with Gasteiger partial charge in [0.2, 0.25) is 0 Å². The quantitative estimate of drug-likeness (QED) is 0.295. The van der Waals surface area contributed by atoms with E-state index in [0.717, 1.165) is 32.1 Å². The van der Waals surface area contributed by atoms with E-state index in [1.807, 2.05) is 26.0 Å². The lowest BCUT2D eigenvalue weighted by Crippen LogP contribution is -2.19. The first-order chi connectivity index (χ1) is 13.0. The number of aliphatic hydroxyl groups excluding tert-OH is 2. The summed E-state index contributed by atoms with van der Waals surface area (Å²) in [5, 5.41) is 20.8. The van der Waals surface area contributed by atoms with Crippen LogP contribution in [-0.2, 0) is 9.53 Å². The number of rotatable bonds is 8. The highest BCUT2D eigenvalue weighted by Gasteiger charge is 2.44. The van der Waals surface area contributed by atoms with E-state index in [4.69, 9.17) is 0 Å². The summed E-state index contributed by atoms with van der Waals surface area (Å²) in [7, 11) is 1.42. The molecule has 1 unspecified atom stereocenters. The summed E-state index contributed by atoms with van der Waals surface area (Å²) >= 11 is 0. The number of unbranched alkanes of at least 4 members (excludes halogenated alkanes) is 1. The molecule has 6 atom stereocenters. The highest BCUT2D eigenvalue weighted by molar-refractivity contribution is 5.69. The molecule has 0 amide bonds. The third-order valence-electron chi connectivity index (χ3n) is 6.07. The van der Waals surface area contributed by atoms with Crippen molar-refractivity contribution < 1.29 is 19.7 Å². The topological polar surface area (TPSA) is 66.8 Å². The molecule has 2 fully saturated rings. The van der Waals surface area contributed by atoms with Gasteiger partial charge in [0.15, 0.2) is 0 Å². The lowest BCUT2D eigenvalue weighted by molar-refractivity contribution is -0.140. The molecule has 0 heterocycles. The van der Waals surface area contributed by atoms with Crippen molar-refractivity contribution >= 4 is 5.97 Å². The molecule has 0 aromatic heterocycles. The Morgan fingerprint density at radius 2 is 2.19 bits per heavy atom. The molecule has 4 heteroatoms. The fraction of sp³-hybridized carbons (Fsp3) is 0.696. The van der Waals surface area contributed by atoms with E-state index in [1.165, 1.54) is 12.7 Å². The lowest BCUT2D eigenvalue weighted by Gasteiger charge is -2.19. The van der Waals surface area contributed by atoms with Crippen molar-refractivity contribution in [3.63, 3.8) is 0 Å². The summed E-state index contributed by atoms with van der Waals surface area (Å²) in [4.78, 5) is 11.2. The van der Waals surface area contributed by atoms with E-state index in [1.54, 1.807) is 0 Å². The Hall–Kier alpha value is -1.57. The number of esters is 1. The van der Waals surface area contributed by atoms with Crippen LogP contribution in [-0.4, -0.2) is 35.5 Å². The maximum Gasteiger partial charge on any atom is 0.305 e. The van der Waals surface area contributed by atoms with Crippen molar-refractivity contribution in [1.29, 1.82) is 0 Å². The number of carbonyl (C=O) groups is 1. The van der Waals surface area contributed by atoms with Crippen LogP contribution < -0.4 is 0 Å². The third kappa shape index (κ3) is 6.23. The van der Waals surface area contributed by atoms with Gasteiger partial charge in [0, 0.05) is 18.8 Å². The average molecular weight is 375 g/mol. The van der Waals surface area contributed by atoms with Crippen LogP contribution in [0.3, 0.4) is 0 Å². The molecule has 0 saturated heterocycles. The lowest BCUT2D eigenvalue weighted by atomic mass is 9.89. The van der Waals surface area contributed by atoms with Crippen LogP contribution in [0, 0.1) is 35.5 Å². The minimum absolute atomic E-state index is 0.0943. The molecule has 2 aliphatic carbocycles. The molecular weight excluding hydrogens is 340 g/mol. The SMILES string of the molecule is CC#CC[C@@H](C)[C@H](O)/C=C/[C@H]1[C@H](O)CC2C/C(=C\CCCC(=O)OC)C[C@@H]21. The Morgan fingerprint density at radius 1 is 1.41 bits per heavy atom. The third-order valence-corrected chi connectivity index (χ3v) is 6.07. The van der Waals surface area contributed by atoms with Gasteiger partial charge >= 0.3 is 5.97 Å². The molecule has 2 rings (SSSR count). The minimum atomic E-state index is -0.521. The first kappa shape index (κ1) is 21.7. The van der Waals surface area contributed by atoms with E-state index in [-0.39, 0.29) is 23.9 Å². The summed E-state index contributed by atoms with van der Waals surface area (Å²) in [5.74, 6) is 6.93. The second-order valence-corrected chi connectivity index (χ2v) is 8.03. The average Bonchev–Trinajstić information content (AvgIpc) is 3.17. The number of methoxy groups -OCH3 is 1. The van der Waals surface area contributed by atoms with Crippen LogP contribution >= 0.6 is 0 Å². The predicted molar refractivity (Wildman–Crippen MR) is 107 cm³/mol. The number of carbonyl (C=O) groups excluding carboxylic acids is 1. The zero-order valence-corrected chi connectivity index (χ0v) is 16.9. The van der Waals surface area contributed by atoms with Crippen LogP contribution in [0.1, 0.15) is 58.8 Å². The molecular formula is C23H34O4. The van der Waals surface area contributed by atoms with Crippen LogP contribution in [0.4, 0.5) is 0 Å². The van der Waals surface area contributed by atoms with Crippen LogP contribution in [0.15, 0.2) is 23.8 Å². The van der Waals surface area contributed by atoms with Crippen molar-refractivity contribution in [3.05, 3.63) is 23.8 Å². The summed E-state index contributed by atoms with van der Waals surface area (Å²) < 4.78 is 4.67. The first-order valence-electron chi connectivity index (χ1n) is 10.1. The molecule has 2 saturated carbocycles. The van der Waals surface area contributed by atoms with Crippen LogP contribution in [0.5, 0.6) is 0 Å². The van der Waals surface area contributed by atoms with E-state index in [2.05, 4.69) is 22.7 Å². The number of aliphatic hydroxyl groups is 2. The van der Waals surface area contributed by atoms with Gasteiger partial charge in [-0.1, -0.05) is 30.7 Å². The second-order valence-electron chi connectivity index (χ2n) is 8.03. The molecule has 4 nitrogen and oxygen atoms in total. The van der Waals surface area contributed by atoms with Crippen molar-refractivity contribution in [3.8, 4) is 11.8 Å². The smallest absolute Gasteiger partial charge is 0.305 e. The molecule has 2 N–H and O–H groups in total. The largest absolute Gasteiger partial charge is 0.469 e. The summed E-state index contributed by atoms with van der Waals surface area (Å²) in [6.07, 6.45) is 11.1. The fourth-order valence-electron chi connectivity index (χ4n) is 4.41. The summed E-state index contributed by atoms with van der Waals surface area (Å²) in [6, 6.07) is 0. The minimum Gasteiger partial charge on any atom is -0.469 e. The molecule has 0 aromatic carbocycles. The van der Waals surface area contributed by atoms with Crippen molar-refractivity contribution in [2.24, 2.45) is 23.7 Å². The predicted octanol–water partition coefficient (Wildman–Crippen LogP) is 3.63. The maximum atomic E-state index is 11.2. The number of ether oxygens (including phenoxy) is 1. The normalized spacial score (nSPS) is 30.8. The first-order valence-corrected chi connectivity index (χ1v) is 10.1. The Kier molecular flexibility index (Phi) is 8.60. The standard InChI is InChI=1S/C23H34O4/c1-4-5-8-16(2)21(24)12-11-19-20-14-17(13-18(20)15-22(19)25)9-6-7-10-23(26)27-3/h9,11-12,16,18-22,24-25H,6-8,10,13-15H2,1-3H3/b12-11+,17-9+/t16-,18?,19-,20+,21-,22-/m1/s1. The van der Waals surface area contributed by atoms with Crippen molar-refractivity contribution in [2.75, 3.05) is 7.11 Å². The van der Waals surface area contributed by atoms with Gasteiger partial charge in [0.25, 0.3) is 0 Å². The van der Waals surface area contributed by atoms with E-state index in [9.17, 15) is 15.0 Å². The Balaban J connectivity index is 1.87. The zero-order chi connectivity index (χ0) is 19.8. The van der Waals surface area contributed by atoms with Crippen LogP contribution in [0.25, 0.3) is 0 Å². The molecule has 150 valence electrons. The van der Waals surface area contributed by atoms with Gasteiger partial charge in [-0.2, -0.15) is 0 Å². The van der Waals surface area contributed by atoms with Gasteiger partial charge < -0.3 is 14.9 Å². The Morgan fingerprint density at radius 3 is 2.89 bits per heavy atom.